The third-order valence-corrected chi connectivity index (χ3v) is 3.83. The molecule has 0 aliphatic heterocycles. The fourth-order valence-electron chi connectivity index (χ4n) is 1.76. The van der Waals surface area contributed by atoms with Crippen molar-refractivity contribution in [3.8, 4) is 0 Å². The molecule has 0 aromatic heterocycles. The van der Waals surface area contributed by atoms with Gasteiger partial charge in [-0.3, -0.25) is 0 Å². The first-order valence-corrected chi connectivity index (χ1v) is 6.97. The lowest BCUT2D eigenvalue weighted by Gasteiger charge is -2.13. The van der Waals surface area contributed by atoms with Gasteiger partial charge < -0.3 is 5.73 Å². The average molecular weight is 376 g/mol. The number of nitrogens with two attached hydrogens (primary N) is 1. The van der Waals surface area contributed by atoms with Crippen molar-refractivity contribution in [2.24, 2.45) is 5.73 Å². The van der Waals surface area contributed by atoms with E-state index in [4.69, 9.17) is 17.3 Å². The summed E-state index contributed by atoms with van der Waals surface area (Å²) in [7, 11) is 0. The van der Waals surface area contributed by atoms with E-state index in [0.717, 1.165) is 14.7 Å². The molecule has 0 saturated heterocycles. The van der Waals surface area contributed by atoms with E-state index in [1.165, 1.54) is 12.1 Å². The standard InChI is InChI=1S/C14H12ClFIN/c15-13-6-3-11(16)7-10(13)8-14(18)9-1-4-12(17)5-2-9/h1-7,14H,8,18H2. The van der Waals surface area contributed by atoms with E-state index in [1.54, 1.807) is 6.07 Å². The molecule has 1 nitrogen and oxygen atoms in total. The zero-order chi connectivity index (χ0) is 13.1. The highest BCUT2D eigenvalue weighted by Gasteiger charge is 2.10. The van der Waals surface area contributed by atoms with Crippen molar-refractivity contribution in [1.82, 2.24) is 0 Å². The number of hydrogen-bond acceptors (Lipinski definition) is 1. The highest BCUT2D eigenvalue weighted by Crippen LogP contribution is 2.23. The largest absolute Gasteiger partial charge is 0.324 e. The second-order valence-electron chi connectivity index (χ2n) is 4.10. The highest BCUT2D eigenvalue weighted by atomic mass is 127. The van der Waals surface area contributed by atoms with Gasteiger partial charge in [-0.25, -0.2) is 4.39 Å². The lowest BCUT2D eigenvalue weighted by atomic mass is 10.00. The lowest BCUT2D eigenvalue weighted by molar-refractivity contribution is 0.622. The maximum atomic E-state index is 13.2. The summed E-state index contributed by atoms with van der Waals surface area (Å²) in [6, 6.07) is 12.1. The molecule has 2 aromatic carbocycles. The predicted molar refractivity (Wildman–Crippen MR) is 81.2 cm³/mol. The molecule has 0 heterocycles. The summed E-state index contributed by atoms with van der Waals surface area (Å²) < 4.78 is 14.3. The van der Waals surface area contributed by atoms with Crippen molar-refractivity contribution >= 4 is 34.2 Å². The minimum Gasteiger partial charge on any atom is -0.324 e. The van der Waals surface area contributed by atoms with Gasteiger partial charge >= 0.3 is 0 Å². The third kappa shape index (κ3) is 3.43. The van der Waals surface area contributed by atoms with E-state index < -0.39 is 0 Å². The monoisotopic (exact) mass is 375 g/mol. The third-order valence-electron chi connectivity index (χ3n) is 2.75. The van der Waals surface area contributed by atoms with E-state index in [2.05, 4.69) is 22.6 Å². The molecule has 2 N–H and O–H groups in total. The number of benzene rings is 2. The van der Waals surface area contributed by atoms with Crippen LogP contribution in [0.5, 0.6) is 0 Å². The molecule has 0 saturated carbocycles. The van der Waals surface area contributed by atoms with Crippen molar-refractivity contribution < 1.29 is 4.39 Å². The molecular weight excluding hydrogens is 364 g/mol. The Morgan fingerprint density at radius 3 is 2.50 bits per heavy atom. The molecule has 0 amide bonds. The second-order valence-corrected chi connectivity index (χ2v) is 5.75. The van der Waals surface area contributed by atoms with Crippen LogP contribution in [0.3, 0.4) is 0 Å². The molecule has 94 valence electrons. The quantitative estimate of drug-likeness (QED) is 0.794. The minimum atomic E-state index is -0.288. The van der Waals surface area contributed by atoms with Crippen LogP contribution in [0.2, 0.25) is 5.02 Å². The van der Waals surface area contributed by atoms with Crippen LogP contribution in [-0.2, 0) is 6.42 Å². The summed E-state index contributed by atoms with van der Waals surface area (Å²) in [5.41, 5.74) is 7.87. The van der Waals surface area contributed by atoms with Gasteiger partial charge in [0, 0.05) is 14.6 Å². The SMILES string of the molecule is NC(Cc1cc(F)ccc1Cl)c1ccc(I)cc1. The van der Waals surface area contributed by atoms with Gasteiger partial charge in [-0.05, 0) is 70.5 Å². The zero-order valence-electron chi connectivity index (χ0n) is 9.54. The van der Waals surface area contributed by atoms with Crippen molar-refractivity contribution in [2.45, 2.75) is 12.5 Å². The van der Waals surface area contributed by atoms with Gasteiger partial charge in [0.25, 0.3) is 0 Å². The molecule has 0 aliphatic rings. The maximum absolute atomic E-state index is 13.2. The summed E-state index contributed by atoms with van der Waals surface area (Å²) in [4.78, 5) is 0. The smallest absolute Gasteiger partial charge is 0.123 e. The Kier molecular flexibility index (Phi) is 4.59. The topological polar surface area (TPSA) is 26.0 Å². The van der Waals surface area contributed by atoms with Crippen LogP contribution in [0, 0.1) is 9.39 Å². The van der Waals surface area contributed by atoms with Gasteiger partial charge in [0.2, 0.25) is 0 Å². The van der Waals surface area contributed by atoms with Crippen LogP contribution >= 0.6 is 34.2 Å². The van der Waals surface area contributed by atoms with E-state index in [-0.39, 0.29) is 11.9 Å². The Labute approximate surface area is 124 Å². The minimum absolute atomic E-state index is 0.179. The van der Waals surface area contributed by atoms with Crippen LogP contribution in [0.4, 0.5) is 4.39 Å². The second kappa shape index (κ2) is 5.99. The summed E-state index contributed by atoms with van der Waals surface area (Å²) in [5.74, 6) is -0.288. The first-order chi connectivity index (χ1) is 8.56. The molecule has 0 spiro atoms. The maximum Gasteiger partial charge on any atom is 0.123 e. The van der Waals surface area contributed by atoms with Crippen LogP contribution < -0.4 is 5.73 Å². The molecular formula is C14H12ClFIN. The van der Waals surface area contributed by atoms with Crippen molar-refractivity contribution in [3.05, 3.63) is 68.0 Å². The Morgan fingerprint density at radius 2 is 1.83 bits per heavy atom. The van der Waals surface area contributed by atoms with E-state index >= 15 is 0 Å². The van der Waals surface area contributed by atoms with E-state index in [9.17, 15) is 4.39 Å². The van der Waals surface area contributed by atoms with Gasteiger partial charge in [-0.2, -0.15) is 0 Å². The molecule has 4 heteroatoms. The van der Waals surface area contributed by atoms with Gasteiger partial charge in [0.05, 0.1) is 0 Å². The van der Waals surface area contributed by atoms with Gasteiger partial charge in [0.1, 0.15) is 5.82 Å². The Bertz CT molecular complexity index is 542. The first-order valence-electron chi connectivity index (χ1n) is 5.51. The normalized spacial score (nSPS) is 12.4. The summed E-state index contributed by atoms with van der Waals surface area (Å²) >= 11 is 8.27. The molecule has 2 aromatic rings. The first kappa shape index (κ1) is 13.8. The molecule has 1 unspecified atom stereocenters. The molecule has 0 aliphatic carbocycles. The van der Waals surface area contributed by atoms with Crippen molar-refractivity contribution in [1.29, 1.82) is 0 Å². The van der Waals surface area contributed by atoms with Crippen molar-refractivity contribution in [2.75, 3.05) is 0 Å². The van der Waals surface area contributed by atoms with Crippen molar-refractivity contribution in [3.63, 3.8) is 0 Å². The Hall–Kier alpha value is -0.650. The molecule has 0 radical (unpaired) electrons. The number of hydrogen-bond donors (Lipinski definition) is 1. The predicted octanol–water partition coefficient (Wildman–Crippen LogP) is 4.33. The summed E-state index contributed by atoms with van der Waals surface area (Å²) in [6.07, 6.45) is 0.525. The molecule has 0 bridgehead atoms. The fourth-order valence-corrected chi connectivity index (χ4v) is 2.32. The van der Waals surface area contributed by atoms with Crippen LogP contribution in [0.1, 0.15) is 17.2 Å². The number of halogens is 3. The molecule has 1 atom stereocenters. The molecule has 2 rings (SSSR count). The Balaban J connectivity index is 2.18. The van der Waals surface area contributed by atoms with Crippen LogP contribution in [-0.4, -0.2) is 0 Å². The van der Waals surface area contributed by atoms with Crippen LogP contribution in [0.15, 0.2) is 42.5 Å². The van der Waals surface area contributed by atoms with E-state index in [0.29, 0.717) is 11.4 Å². The zero-order valence-corrected chi connectivity index (χ0v) is 12.5. The van der Waals surface area contributed by atoms with Crippen LogP contribution in [0.25, 0.3) is 0 Å². The Morgan fingerprint density at radius 1 is 1.17 bits per heavy atom. The highest BCUT2D eigenvalue weighted by molar-refractivity contribution is 14.1. The van der Waals surface area contributed by atoms with Gasteiger partial charge in [-0.1, -0.05) is 23.7 Å². The molecule has 18 heavy (non-hydrogen) atoms. The average Bonchev–Trinajstić information content (AvgIpc) is 2.34. The fraction of sp³-hybridized carbons (Fsp3) is 0.143. The van der Waals surface area contributed by atoms with E-state index in [1.807, 2.05) is 24.3 Å². The van der Waals surface area contributed by atoms with Gasteiger partial charge in [0.15, 0.2) is 0 Å². The lowest BCUT2D eigenvalue weighted by Crippen LogP contribution is -2.13. The number of rotatable bonds is 3. The van der Waals surface area contributed by atoms with Gasteiger partial charge in [-0.15, -0.1) is 0 Å². The molecule has 0 fully saturated rings. The summed E-state index contributed by atoms with van der Waals surface area (Å²) in [6.45, 7) is 0. The summed E-state index contributed by atoms with van der Waals surface area (Å²) in [5, 5.41) is 0.553.